The Morgan fingerprint density at radius 3 is 2.27 bits per heavy atom. The van der Waals surface area contributed by atoms with Gasteiger partial charge in [0.2, 0.25) is 0 Å². The second-order valence-corrected chi connectivity index (χ2v) is 6.82. The van der Waals surface area contributed by atoms with E-state index in [2.05, 4.69) is 5.10 Å². The van der Waals surface area contributed by atoms with Crippen molar-refractivity contribution in [2.75, 3.05) is 5.73 Å². The number of benzene rings is 1. The number of rotatable bonds is 2. The summed E-state index contributed by atoms with van der Waals surface area (Å²) in [6, 6.07) is 1.71. The van der Waals surface area contributed by atoms with E-state index >= 15 is 0 Å². The Morgan fingerprint density at radius 1 is 1.23 bits per heavy atom. The average molecular weight is 437 g/mol. The lowest BCUT2D eigenvalue weighted by molar-refractivity contribution is -0.136. The van der Waals surface area contributed by atoms with Gasteiger partial charge < -0.3 is 5.73 Å². The normalized spacial score (nSPS) is 13.5. The number of nitrogens with zero attached hydrogens (tertiary/aromatic N) is 3. The lowest BCUT2D eigenvalue weighted by Gasteiger charge is -2.15. The number of anilines is 1. The largest absolute Gasteiger partial charge is 0.476 e. The van der Waals surface area contributed by atoms with Crippen molar-refractivity contribution in [3.63, 3.8) is 0 Å². The van der Waals surface area contributed by atoms with E-state index in [-0.39, 0.29) is 0 Å². The first-order chi connectivity index (χ1) is 11.8. The molecule has 2 aromatic rings. The molecule has 1 atom stereocenters. The van der Waals surface area contributed by atoms with Gasteiger partial charge in [0.1, 0.15) is 16.7 Å². The van der Waals surface area contributed by atoms with Crippen molar-refractivity contribution in [2.45, 2.75) is 16.6 Å². The zero-order valence-electron chi connectivity index (χ0n) is 11.9. The Kier molecular flexibility index (Phi) is 5.19. The minimum atomic E-state index is -5.19. The fraction of sp³-hybridized carbons (Fsp3) is 0.167. The van der Waals surface area contributed by atoms with Gasteiger partial charge in [0.05, 0.1) is 21.3 Å². The molecule has 0 spiro atoms. The van der Waals surface area contributed by atoms with Gasteiger partial charge in [-0.3, -0.25) is 0 Å². The van der Waals surface area contributed by atoms with Crippen LogP contribution in [0.4, 0.5) is 32.0 Å². The van der Waals surface area contributed by atoms with Crippen LogP contribution < -0.4 is 5.73 Å². The summed E-state index contributed by atoms with van der Waals surface area (Å²) in [5.41, 5.74) is -3.53. The number of alkyl halides is 6. The minimum absolute atomic E-state index is 0.409. The molecule has 1 unspecified atom stereocenters. The van der Waals surface area contributed by atoms with E-state index in [0.717, 1.165) is 0 Å². The Hall–Kier alpha value is -1.97. The minimum Gasteiger partial charge on any atom is -0.397 e. The first-order valence-corrected chi connectivity index (χ1v) is 8.03. The molecule has 0 aliphatic rings. The van der Waals surface area contributed by atoms with E-state index in [1.54, 1.807) is 0 Å². The molecule has 1 heterocycles. The third kappa shape index (κ3) is 3.60. The fourth-order valence-electron chi connectivity index (χ4n) is 1.88. The van der Waals surface area contributed by atoms with Gasteiger partial charge in [-0.1, -0.05) is 23.2 Å². The lowest BCUT2D eigenvalue weighted by atomic mass is 10.1. The van der Waals surface area contributed by atoms with Crippen molar-refractivity contribution >= 4 is 39.7 Å². The highest BCUT2D eigenvalue weighted by atomic mass is 35.5. The van der Waals surface area contributed by atoms with Crippen LogP contribution in [0.25, 0.3) is 5.69 Å². The summed E-state index contributed by atoms with van der Waals surface area (Å²) in [6.45, 7) is 0. The molecule has 1 aromatic heterocycles. The van der Waals surface area contributed by atoms with Gasteiger partial charge in [0.15, 0.2) is 16.5 Å². The van der Waals surface area contributed by atoms with Crippen molar-refractivity contribution in [1.29, 1.82) is 5.26 Å². The van der Waals surface area contributed by atoms with Crippen LogP contribution in [-0.2, 0) is 17.0 Å². The predicted octanol–water partition coefficient (Wildman–Crippen LogP) is 4.28. The highest BCUT2D eigenvalue weighted by Gasteiger charge is 2.41. The van der Waals surface area contributed by atoms with Crippen LogP contribution >= 0.6 is 23.2 Å². The van der Waals surface area contributed by atoms with E-state index < -0.39 is 60.1 Å². The Bertz CT molecular complexity index is 947. The molecule has 0 bridgehead atoms. The zero-order chi connectivity index (χ0) is 20.0. The molecule has 1 aromatic carbocycles. The number of nitrogen functional groups attached to an aromatic ring is 1. The van der Waals surface area contributed by atoms with Crippen molar-refractivity contribution in [1.82, 2.24) is 9.78 Å². The van der Waals surface area contributed by atoms with Crippen LogP contribution in [0.1, 0.15) is 11.3 Å². The molecule has 5 nitrogen and oxygen atoms in total. The van der Waals surface area contributed by atoms with Gasteiger partial charge in [0, 0.05) is 6.20 Å². The second kappa shape index (κ2) is 6.64. The van der Waals surface area contributed by atoms with Crippen LogP contribution in [0.3, 0.4) is 0 Å². The van der Waals surface area contributed by atoms with Crippen LogP contribution in [0.2, 0.25) is 10.0 Å². The molecular formula is C12H4Cl2F6N4OS. The van der Waals surface area contributed by atoms with Gasteiger partial charge in [-0.05, 0) is 6.07 Å². The smallest absolute Gasteiger partial charge is 0.397 e. The van der Waals surface area contributed by atoms with Crippen molar-refractivity contribution in [3.8, 4) is 11.8 Å². The molecule has 26 heavy (non-hydrogen) atoms. The summed E-state index contributed by atoms with van der Waals surface area (Å²) in [7, 11) is -3.61. The van der Waals surface area contributed by atoms with Crippen molar-refractivity contribution in [2.24, 2.45) is 0 Å². The van der Waals surface area contributed by atoms with Gasteiger partial charge in [-0.25, -0.2) is 8.89 Å². The third-order valence-corrected chi connectivity index (χ3v) is 4.75. The van der Waals surface area contributed by atoms with Crippen LogP contribution in [-0.4, -0.2) is 19.5 Å². The first-order valence-electron chi connectivity index (χ1n) is 6.12. The standard InChI is InChI=1S/C12H4Cl2F6N4OS/c13-5-1-4(11(15,16)17)9(22)8(14)10(5)24-3-7(6(2-21)23-24)26(25)12(18,19)20/h1,3H,22H2. The molecule has 0 aliphatic carbocycles. The summed E-state index contributed by atoms with van der Waals surface area (Å²) < 4.78 is 88.5. The fourth-order valence-corrected chi connectivity index (χ4v) is 3.21. The van der Waals surface area contributed by atoms with Crippen LogP contribution in [0.15, 0.2) is 17.2 Å². The topological polar surface area (TPSA) is 84.7 Å². The summed E-state index contributed by atoms with van der Waals surface area (Å²) in [5.74, 6) is 0. The summed E-state index contributed by atoms with van der Waals surface area (Å²) in [6.07, 6.45) is -4.36. The molecule has 0 radical (unpaired) electrons. The molecule has 0 fully saturated rings. The average Bonchev–Trinajstić information content (AvgIpc) is 2.91. The summed E-state index contributed by atoms with van der Waals surface area (Å²) >= 11 is 11.5. The highest BCUT2D eigenvalue weighted by molar-refractivity contribution is 7.86. The monoisotopic (exact) mass is 436 g/mol. The summed E-state index contributed by atoms with van der Waals surface area (Å²) in [4.78, 5) is -1.01. The molecule has 140 valence electrons. The van der Waals surface area contributed by atoms with Crippen molar-refractivity contribution < 1.29 is 30.6 Å². The van der Waals surface area contributed by atoms with E-state index in [9.17, 15) is 30.6 Å². The van der Waals surface area contributed by atoms with Crippen LogP contribution in [0, 0.1) is 11.3 Å². The molecule has 2 N–H and O–H groups in total. The maximum absolute atomic E-state index is 12.9. The zero-order valence-corrected chi connectivity index (χ0v) is 14.2. The Labute approximate surface area is 153 Å². The highest BCUT2D eigenvalue weighted by Crippen LogP contribution is 2.43. The molecule has 14 heteroatoms. The van der Waals surface area contributed by atoms with E-state index in [4.69, 9.17) is 34.2 Å². The number of hydrogen-bond donors (Lipinski definition) is 1. The number of nitrogens with two attached hydrogens (primary N) is 1. The number of halogens is 8. The molecule has 0 saturated heterocycles. The maximum Gasteiger partial charge on any atom is 0.476 e. The van der Waals surface area contributed by atoms with E-state index in [1.807, 2.05) is 0 Å². The maximum atomic E-state index is 12.9. The van der Waals surface area contributed by atoms with Gasteiger partial charge >= 0.3 is 11.7 Å². The SMILES string of the molecule is N#Cc1nn(-c2c(Cl)cc(C(F)(F)F)c(N)c2Cl)cc1S(=O)C(F)(F)F. The summed E-state index contributed by atoms with van der Waals surface area (Å²) in [5, 5.41) is 10.9. The molecule has 2 rings (SSSR count). The predicted molar refractivity (Wildman–Crippen MR) is 80.2 cm³/mol. The van der Waals surface area contributed by atoms with Crippen LogP contribution in [0.5, 0.6) is 0 Å². The van der Waals surface area contributed by atoms with Gasteiger partial charge in [0.25, 0.3) is 0 Å². The molecule has 0 aliphatic heterocycles. The van der Waals surface area contributed by atoms with Gasteiger partial charge in [-0.15, -0.1) is 0 Å². The third-order valence-electron chi connectivity index (χ3n) is 2.96. The molecular weight excluding hydrogens is 433 g/mol. The quantitative estimate of drug-likeness (QED) is 0.562. The second-order valence-electron chi connectivity index (χ2n) is 4.59. The lowest BCUT2D eigenvalue weighted by Crippen LogP contribution is -2.16. The molecule has 0 saturated carbocycles. The Morgan fingerprint density at radius 2 is 1.81 bits per heavy atom. The van der Waals surface area contributed by atoms with Gasteiger partial charge in [-0.2, -0.15) is 36.7 Å². The first kappa shape index (κ1) is 20.3. The Balaban J connectivity index is 2.72. The number of aromatic nitrogens is 2. The molecule has 0 amide bonds. The number of nitriles is 1. The van der Waals surface area contributed by atoms with Crippen molar-refractivity contribution in [3.05, 3.63) is 33.6 Å². The number of hydrogen-bond acceptors (Lipinski definition) is 4. The van der Waals surface area contributed by atoms with E-state index in [0.29, 0.717) is 16.9 Å². The van der Waals surface area contributed by atoms with E-state index in [1.165, 1.54) is 6.07 Å².